The summed E-state index contributed by atoms with van der Waals surface area (Å²) in [5.74, 6) is -0.896. The maximum atomic E-state index is 14.0. The molecule has 0 saturated carbocycles. The highest BCUT2D eigenvalue weighted by Crippen LogP contribution is 2.36. The third-order valence-electron chi connectivity index (χ3n) is 2.68. The predicted octanol–water partition coefficient (Wildman–Crippen LogP) is 3.31. The number of methoxy groups -OCH3 is 1. The number of nitrogens with two attached hydrogens (primary N) is 1. The Kier molecular flexibility index (Phi) is 4.45. The first-order valence-electron chi connectivity index (χ1n) is 6.22. The number of nitrogens with zero attached hydrogens (tertiary/aromatic N) is 3. The molecule has 2 rings (SSSR count). The van der Waals surface area contributed by atoms with E-state index in [0.717, 1.165) is 0 Å². The molecule has 2 aromatic rings. The van der Waals surface area contributed by atoms with Gasteiger partial charge in [0.2, 0.25) is 11.9 Å². The Morgan fingerprint density at radius 2 is 1.95 bits per heavy atom. The molecule has 0 radical (unpaired) electrons. The fraction of sp³-hybridized carbons (Fsp3) is 0.308. The van der Waals surface area contributed by atoms with Gasteiger partial charge in [-0.3, -0.25) is 0 Å². The third-order valence-corrected chi connectivity index (χ3v) is 3.34. The summed E-state index contributed by atoms with van der Waals surface area (Å²) >= 11 is 3.27. The van der Waals surface area contributed by atoms with E-state index in [2.05, 4.69) is 36.2 Å². The Balaban J connectivity index is 2.48. The number of hydrogen-bond donors (Lipinski definition) is 2. The summed E-state index contributed by atoms with van der Waals surface area (Å²) in [6.45, 7) is 2.59. The van der Waals surface area contributed by atoms with Crippen LogP contribution in [-0.2, 0) is 5.67 Å². The summed E-state index contributed by atoms with van der Waals surface area (Å²) in [4.78, 5) is 11.6. The van der Waals surface area contributed by atoms with Gasteiger partial charge in [0.25, 0.3) is 0 Å². The summed E-state index contributed by atoms with van der Waals surface area (Å²) in [5, 5.41) is 2.77. The lowest BCUT2D eigenvalue weighted by atomic mass is 10.1. The molecular formula is C13H14BrF2N5O. The number of benzene rings is 1. The Bertz CT molecular complexity index is 706. The van der Waals surface area contributed by atoms with E-state index in [-0.39, 0.29) is 29.2 Å². The zero-order chi connectivity index (χ0) is 16.5. The average molecular weight is 374 g/mol. The van der Waals surface area contributed by atoms with Crippen LogP contribution in [0.2, 0.25) is 0 Å². The smallest absolute Gasteiger partial charge is 0.232 e. The highest BCUT2D eigenvalue weighted by atomic mass is 79.9. The van der Waals surface area contributed by atoms with Gasteiger partial charge in [-0.25, -0.2) is 8.78 Å². The lowest BCUT2D eigenvalue weighted by molar-refractivity contribution is 0.206. The predicted molar refractivity (Wildman–Crippen MR) is 82.3 cm³/mol. The van der Waals surface area contributed by atoms with Gasteiger partial charge in [0.15, 0.2) is 23.1 Å². The van der Waals surface area contributed by atoms with Crippen molar-refractivity contribution in [2.45, 2.75) is 19.5 Å². The molecule has 22 heavy (non-hydrogen) atoms. The summed E-state index contributed by atoms with van der Waals surface area (Å²) < 4.78 is 33.3. The number of rotatable bonds is 4. The van der Waals surface area contributed by atoms with Crippen LogP contribution in [0.3, 0.4) is 0 Å². The highest BCUT2D eigenvalue weighted by molar-refractivity contribution is 9.10. The monoisotopic (exact) mass is 373 g/mol. The normalized spacial score (nSPS) is 11.4. The van der Waals surface area contributed by atoms with Crippen LogP contribution in [0.4, 0.5) is 26.4 Å². The van der Waals surface area contributed by atoms with Crippen molar-refractivity contribution in [3.8, 4) is 5.75 Å². The third kappa shape index (κ3) is 3.41. The summed E-state index contributed by atoms with van der Waals surface area (Å²) in [6.07, 6.45) is 0. The van der Waals surface area contributed by atoms with Crippen LogP contribution in [0.1, 0.15) is 19.7 Å². The second-order valence-electron chi connectivity index (χ2n) is 4.88. The van der Waals surface area contributed by atoms with Crippen LogP contribution in [0.25, 0.3) is 0 Å². The van der Waals surface area contributed by atoms with E-state index in [9.17, 15) is 8.78 Å². The minimum absolute atomic E-state index is 0.0159. The largest absolute Gasteiger partial charge is 0.492 e. The first-order chi connectivity index (χ1) is 10.2. The number of nitrogen functional groups attached to an aromatic ring is 1. The van der Waals surface area contributed by atoms with Crippen molar-refractivity contribution in [3.63, 3.8) is 0 Å². The van der Waals surface area contributed by atoms with Crippen LogP contribution in [0.5, 0.6) is 5.75 Å². The SMILES string of the molecule is COc1c(F)ccc(Br)c1Nc1nc(N)nc(C(C)(C)F)n1. The van der Waals surface area contributed by atoms with Gasteiger partial charge in [-0.1, -0.05) is 0 Å². The minimum atomic E-state index is -1.79. The van der Waals surface area contributed by atoms with Crippen LogP contribution in [0.15, 0.2) is 16.6 Å². The first kappa shape index (κ1) is 16.3. The van der Waals surface area contributed by atoms with E-state index in [4.69, 9.17) is 10.5 Å². The molecule has 0 aliphatic heterocycles. The zero-order valence-electron chi connectivity index (χ0n) is 12.1. The van der Waals surface area contributed by atoms with Crippen LogP contribution in [0, 0.1) is 5.82 Å². The molecule has 0 amide bonds. The fourth-order valence-corrected chi connectivity index (χ4v) is 2.09. The minimum Gasteiger partial charge on any atom is -0.492 e. The van der Waals surface area contributed by atoms with Gasteiger partial charge in [0.1, 0.15) is 5.69 Å². The van der Waals surface area contributed by atoms with Gasteiger partial charge >= 0.3 is 0 Å². The van der Waals surface area contributed by atoms with E-state index in [0.29, 0.717) is 4.47 Å². The van der Waals surface area contributed by atoms with E-state index in [1.807, 2.05) is 0 Å². The van der Waals surface area contributed by atoms with Gasteiger partial charge in [-0.2, -0.15) is 15.0 Å². The second kappa shape index (κ2) is 5.99. The van der Waals surface area contributed by atoms with Gasteiger partial charge in [0, 0.05) is 4.47 Å². The van der Waals surface area contributed by atoms with Crippen molar-refractivity contribution in [3.05, 3.63) is 28.2 Å². The van der Waals surface area contributed by atoms with Crippen molar-refractivity contribution >= 4 is 33.5 Å². The van der Waals surface area contributed by atoms with E-state index >= 15 is 0 Å². The Hall–Kier alpha value is -2.03. The molecule has 0 aliphatic carbocycles. The number of alkyl halides is 1. The first-order valence-corrected chi connectivity index (χ1v) is 7.01. The molecular weight excluding hydrogens is 360 g/mol. The molecule has 0 atom stereocenters. The number of aromatic nitrogens is 3. The second-order valence-corrected chi connectivity index (χ2v) is 5.73. The quantitative estimate of drug-likeness (QED) is 0.854. The summed E-state index contributed by atoms with van der Waals surface area (Å²) in [5.41, 5.74) is 4.03. The maximum absolute atomic E-state index is 14.0. The standard InChI is InChI=1S/C13H14BrF2N5O/c1-13(2,16)10-19-11(17)21-12(20-10)18-8-6(14)4-5-7(15)9(8)22-3/h4-5H,1-3H3,(H3,17,18,19,20,21). The fourth-order valence-electron chi connectivity index (χ4n) is 1.68. The summed E-state index contributed by atoms with van der Waals surface area (Å²) in [6, 6.07) is 2.73. The van der Waals surface area contributed by atoms with Crippen LogP contribution >= 0.6 is 15.9 Å². The molecule has 118 valence electrons. The number of anilines is 3. The van der Waals surface area contributed by atoms with Crippen LogP contribution in [-0.4, -0.2) is 22.1 Å². The van der Waals surface area contributed by atoms with Gasteiger partial charge in [0.05, 0.1) is 7.11 Å². The Labute approximate surface area is 134 Å². The Morgan fingerprint density at radius 3 is 2.55 bits per heavy atom. The maximum Gasteiger partial charge on any atom is 0.232 e. The molecule has 0 fully saturated rings. The highest BCUT2D eigenvalue weighted by Gasteiger charge is 2.25. The van der Waals surface area contributed by atoms with Crippen molar-refractivity contribution < 1.29 is 13.5 Å². The molecule has 1 heterocycles. The zero-order valence-corrected chi connectivity index (χ0v) is 13.7. The van der Waals surface area contributed by atoms with Crippen molar-refractivity contribution in [1.82, 2.24) is 15.0 Å². The van der Waals surface area contributed by atoms with Crippen molar-refractivity contribution in [1.29, 1.82) is 0 Å². The van der Waals surface area contributed by atoms with E-state index in [1.54, 1.807) is 0 Å². The molecule has 1 aromatic heterocycles. The molecule has 0 aliphatic rings. The molecule has 0 saturated heterocycles. The number of hydrogen-bond acceptors (Lipinski definition) is 6. The van der Waals surface area contributed by atoms with Gasteiger partial charge < -0.3 is 15.8 Å². The Morgan fingerprint density at radius 1 is 1.27 bits per heavy atom. The molecule has 0 unspecified atom stereocenters. The summed E-state index contributed by atoms with van der Waals surface area (Å²) in [7, 11) is 1.33. The lowest BCUT2D eigenvalue weighted by Gasteiger charge is -2.16. The molecule has 0 bridgehead atoms. The van der Waals surface area contributed by atoms with Crippen LogP contribution < -0.4 is 15.8 Å². The van der Waals surface area contributed by atoms with Crippen molar-refractivity contribution in [2.24, 2.45) is 0 Å². The average Bonchev–Trinajstić information content (AvgIpc) is 2.41. The topological polar surface area (TPSA) is 86.0 Å². The van der Waals surface area contributed by atoms with Gasteiger partial charge in [-0.05, 0) is 41.9 Å². The number of ether oxygens (including phenoxy) is 1. The molecule has 9 heteroatoms. The van der Waals surface area contributed by atoms with Crippen molar-refractivity contribution in [2.75, 3.05) is 18.2 Å². The molecule has 0 spiro atoms. The molecule has 3 N–H and O–H groups in total. The number of nitrogens with one attached hydrogen (secondary N) is 1. The number of halogens is 3. The van der Waals surface area contributed by atoms with Gasteiger partial charge in [-0.15, -0.1) is 0 Å². The molecule has 1 aromatic carbocycles. The molecule has 6 nitrogen and oxygen atoms in total. The van der Waals surface area contributed by atoms with E-state index in [1.165, 1.54) is 33.1 Å². The lowest BCUT2D eigenvalue weighted by Crippen LogP contribution is -2.17. The van der Waals surface area contributed by atoms with E-state index < -0.39 is 11.5 Å².